The zero-order valence-electron chi connectivity index (χ0n) is 10.1. The van der Waals surface area contributed by atoms with Crippen molar-refractivity contribution in [2.45, 2.75) is 31.8 Å². The van der Waals surface area contributed by atoms with Gasteiger partial charge in [0.15, 0.2) is 5.82 Å². The zero-order valence-corrected chi connectivity index (χ0v) is 10.1. The van der Waals surface area contributed by atoms with E-state index in [1.807, 2.05) is 0 Å². The molecule has 0 unspecified atom stereocenters. The Morgan fingerprint density at radius 1 is 1.59 bits per heavy atom. The summed E-state index contributed by atoms with van der Waals surface area (Å²) in [6.45, 7) is 2.89. The average molecular weight is 236 g/mol. The maximum Gasteiger partial charge on any atom is 0.435 e. The molecular weight excluding hydrogens is 220 g/mol. The van der Waals surface area contributed by atoms with Crippen molar-refractivity contribution < 1.29 is 9.53 Å². The first-order valence-corrected chi connectivity index (χ1v) is 5.86. The van der Waals surface area contributed by atoms with Crippen LogP contribution < -0.4 is 5.73 Å². The summed E-state index contributed by atoms with van der Waals surface area (Å²) in [5, 5.41) is 4.11. The van der Waals surface area contributed by atoms with E-state index >= 15 is 0 Å². The molecule has 2 aliphatic rings. The van der Waals surface area contributed by atoms with Gasteiger partial charge in [-0.3, -0.25) is 4.90 Å². The van der Waals surface area contributed by atoms with Gasteiger partial charge in [-0.15, -0.1) is 5.10 Å². The van der Waals surface area contributed by atoms with E-state index in [1.54, 1.807) is 6.92 Å². The Hall–Kier alpha value is -1.56. The second-order valence-electron chi connectivity index (χ2n) is 4.71. The molecule has 1 aliphatic carbocycles. The third-order valence-corrected chi connectivity index (χ3v) is 3.75. The van der Waals surface area contributed by atoms with Crippen LogP contribution in [0.1, 0.15) is 31.0 Å². The number of hydrogen-bond donors (Lipinski definition) is 1. The molecule has 6 heteroatoms. The minimum Gasteiger partial charge on any atom is -0.448 e. The highest BCUT2D eigenvalue weighted by Gasteiger charge is 2.57. The van der Waals surface area contributed by atoms with Crippen LogP contribution in [-0.2, 0) is 16.8 Å². The number of nitrogen functional groups attached to an aromatic ring is 1. The van der Waals surface area contributed by atoms with Crippen molar-refractivity contribution in [3.63, 3.8) is 0 Å². The number of fused-ring (bicyclic) bond motifs is 2. The minimum atomic E-state index is -0.429. The van der Waals surface area contributed by atoms with E-state index < -0.39 is 6.09 Å². The molecule has 1 saturated carbocycles. The Kier molecular flexibility index (Phi) is 2.01. The second kappa shape index (κ2) is 3.22. The van der Waals surface area contributed by atoms with Gasteiger partial charge in [0.1, 0.15) is 0 Å². The van der Waals surface area contributed by atoms with Crippen molar-refractivity contribution in [1.29, 1.82) is 0 Å². The van der Waals surface area contributed by atoms with Crippen molar-refractivity contribution in [2.75, 3.05) is 19.4 Å². The number of nitrogens with zero attached hydrogens (tertiary/aromatic N) is 3. The van der Waals surface area contributed by atoms with Gasteiger partial charge in [0.2, 0.25) is 0 Å². The molecule has 1 aromatic rings. The summed E-state index contributed by atoms with van der Waals surface area (Å²) < 4.78 is 6.36. The molecule has 92 valence electrons. The number of rotatable bonds is 1. The monoisotopic (exact) mass is 236 g/mol. The van der Waals surface area contributed by atoms with Crippen LogP contribution in [0.2, 0.25) is 0 Å². The Morgan fingerprint density at radius 3 is 2.88 bits per heavy atom. The van der Waals surface area contributed by atoms with E-state index in [4.69, 9.17) is 10.5 Å². The summed E-state index contributed by atoms with van der Waals surface area (Å²) in [5.41, 5.74) is 7.78. The average Bonchev–Trinajstić information content (AvgIpc) is 2.95. The lowest BCUT2D eigenvalue weighted by molar-refractivity contribution is 0.146. The number of carbonyl (C=O) groups is 1. The molecule has 0 atom stereocenters. The maximum atomic E-state index is 11.8. The summed E-state index contributed by atoms with van der Waals surface area (Å²) in [6.07, 6.45) is 1.68. The van der Waals surface area contributed by atoms with E-state index in [0.717, 1.165) is 30.6 Å². The fourth-order valence-electron chi connectivity index (χ4n) is 2.72. The fraction of sp³-hybridized carbons (Fsp3) is 0.636. The lowest BCUT2D eigenvalue weighted by Gasteiger charge is -2.19. The molecule has 0 saturated heterocycles. The third-order valence-electron chi connectivity index (χ3n) is 3.75. The van der Waals surface area contributed by atoms with Crippen LogP contribution >= 0.6 is 0 Å². The Labute approximate surface area is 99.3 Å². The van der Waals surface area contributed by atoms with Crippen molar-refractivity contribution in [1.82, 2.24) is 14.7 Å². The van der Waals surface area contributed by atoms with Crippen LogP contribution in [0.5, 0.6) is 0 Å². The SMILES string of the molecule is CCOC(=O)n1nc(N)c2c1C1(CC1)N(C)C2. The molecule has 2 N–H and O–H groups in total. The fourth-order valence-corrected chi connectivity index (χ4v) is 2.72. The first-order chi connectivity index (χ1) is 8.10. The van der Waals surface area contributed by atoms with Crippen LogP contribution in [0.3, 0.4) is 0 Å². The van der Waals surface area contributed by atoms with Gasteiger partial charge in [-0.05, 0) is 26.8 Å². The summed E-state index contributed by atoms with van der Waals surface area (Å²) >= 11 is 0. The molecule has 1 aliphatic heterocycles. The van der Waals surface area contributed by atoms with E-state index in [9.17, 15) is 4.79 Å². The van der Waals surface area contributed by atoms with Gasteiger partial charge in [-0.2, -0.15) is 4.68 Å². The van der Waals surface area contributed by atoms with Gasteiger partial charge in [0.05, 0.1) is 17.8 Å². The van der Waals surface area contributed by atoms with Crippen LogP contribution in [-0.4, -0.2) is 34.4 Å². The maximum absolute atomic E-state index is 11.8. The molecule has 0 radical (unpaired) electrons. The quantitative estimate of drug-likeness (QED) is 0.784. The Morgan fingerprint density at radius 2 is 2.29 bits per heavy atom. The standard InChI is InChI=1S/C11H16N4O2/c1-3-17-10(16)15-8-7(9(12)13-15)6-14(2)11(8)4-5-11/h3-6H2,1-2H3,(H2,12,13). The number of carbonyl (C=O) groups excluding carboxylic acids is 1. The van der Waals surface area contributed by atoms with Gasteiger partial charge in [0, 0.05) is 12.1 Å². The number of anilines is 1. The summed E-state index contributed by atoms with van der Waals surface area (Å²) in [4.78, 5) is 14.1. The molecule has 2 heterocycles. The molecule has 0 bridgehead atoms. The molecule has 3 rings (SSSR count). The molecule has 6 nitrogen and oxygen atoms in total. The highest BCUT2D eigenvalue weighted by atomic mass is 16.6. The Bertz CT molecular complexity index is 490. The van der Waals surface area contributed by atoms with Gasteiger partial charge in [-0.1, -0.05) is 0 Å². The van der Waals surface area contributed by atoms with Crippen LogP contribution in [0, 0.1) is 0 Å². The summed E-state index contributed by atoms with van der Waals surface area (Å²) in [5.74, 6) is 0.448. The van der Waals surface area contributed by atoms with Crippen molar-refractivity contribution in [2.24, 2.45) is 0 Å². The van der Waals surface area contributed by atoms with Crippen molar-refractivity contribution in [3.8, 4) is 0 Å². The number of aromatic nitrogens is 2. The zero-order chi connectivity index (χ0) is 12.2. The first-order valence-electron chi connectivity index (χ1n) is 5.86. The second-order valence-corrected chi connectivity index (χ2v) is 4.71. The summed E-state index contributed by atoms with van der Waals surface area (Å²) in [7, 11) is 2.06. The van der Waals surface area contributed by atoms with E-state index in [-0.39, 0.29) is 5.54 Å². The number of ether oxygens (including phenoxy) is 1. The highest BCUT2D eigenvalue weighted by Crippen LogP contribution is 2.56. The molecule has 17 heavy (non-hydrogen) atoms. The Balaban J connectivity index is 2.09. The largest absolute Gasteiger partial charge is 0.448 e. The van der Waals surface area contributed by atoms with Crippen LogP contribution in [0.4, 0.5) is 10.6 Å². The first kappa shape index (κ1) is 10.6. The highest BCUT2D eigenvalue weighted by molar-refractivity contribution is 5.73. The van der Waals surface area contributed by atoms with Crippen molar-refractivity contribution >= 4 is 11.9 Å². The van der Waals surface area contributed by atoms with E-state index in [0.29, 0.717) is 12.4 Å². The normalized spacial score (nSPS) is 20.6. The number of hydrogen-bond acceptors (Lipinski definition) is 5. The van der Waals surface area contributed by atoms with E-state index in [1.165, 1.54) is 4.68 Å². The predicted octanol–water partition coefficient (Wildman–Crippen LogP) is 0.904. The van der Waals surface area contributed by atoms with Crippen molar-refractivity contribution in [3.05, 3.63) is 11.3 Å². The minimum absolute atomic E-state index is 0.0211. The van der Waals surface area contributed by atoms with Gasteiger partial charge < -0.3 is 10.5 Å². The molecule has 0 amide bonds. The van der Waals surface area contributed by atoms with Gasteiger partial charge in [0.25, 0.3) is 0 Å². The molecular formula is C11H16N4O2. The lowest BCUT2D eigenvalue weighted by atomic mass is 10.1. The lowest BCUT2D eigenvalue weighted by Crippen LogP contribution is -2.29. The van der Waals surface area contributed by atoms with Gasteiger partial charge >= 0.3 is 6.09 Å². The number of nitrogens with two attached hydrogens (primary N) is 1. The molecule has 0 aromatic carbocycles. The molecule has 1 spiro atoms. The van der Waals surface area contributed by atoms with Crippen LogP contribution in [0.25, 0.3) is 0 Å². The molecule has 1 fully saturated rings. The van der Waals surface area contributed by atoms with E-state index in [2.05, 4.69) is 17.0 Å². The van der Waals surface area contributed by atoms with Crippen LogP contribution in [0.15, 0.2) is 0 Å². The topological polar surface area (TPSA) is 73.4 Å². The predicted molar refractivity (Wildman–Crippen MR) is 61.4 cm³/mol. The smallest absolute Gasteiger partial charge is 0.435 e. The third kappa shape index (κ3) is 1.24. The summed E-state index contributed by atoms with van der Waals surface area (Å²) in [6, 6.07) is 0. The van der Waals surface area contributed by atoms with Gasteiger partial charge in [-0.25, -0.2) is 4.79 Å². The molecule has 1 aromatic heterocycles.